The third-order valence-electron chi connectivity index (χ3n) is 5.06. The number of hydrogen-bond donors (Lipinski definition) is 1. The van der Waals surface area contributed by atoms with Crippen LogP contribution in [-0.2, 0) is 17.9 Å². The molecular weight excluding hydrogens is 488 g/mol. The predicted octanol–water partition coefficient (Wildman–Crippen LogP) is 5.83. The number of thioether (sulfide) groups is 1. The van der Waals surface area contributed by atoms with Crippen molar-refractivity contribution in [2.75, 3.05) is 11.1 Å². The van der Waals surface area contributed by atoms with E-state index >= 15 is 0 Å². The molecular formula is C24H23BrN4O2S. The highest BCUT2D eigenvalue weighted by molar-refractivity contribution is 9.10. The van der Waals surface area contributed by atoms with Gasteiger partial charge < -0.3 is 14.6 Å². The van der Waals surface area contributed by atoms with Gasteiger partial charge in [0.2, 0.25) is 5.91 Å². The number of fused-ring (bicyclic) bond motifs is 1. The molecule has 0 atom stereocenters. The Morgan fingerprint density at radius 1 is 1.12 bits per heavy atom. The summed E-state index contributed by atoms with van der Waals surface area (Å²) in [6, 6.07) is 19.8. The number of benzene rings is 3. The Labute approximate surface area is 199 Å². The second-order valence-electron chi connectivity index (χ2n) is 7.19. The Balaban J connectivity index is 1.40. The van der Waals surface area contributed by atoms with Crippen molar-refractivity contribution in [3.63, 3.8) is 0 Å². The fourth-order valence-electron chi connectivity index (χ4n) is 3.45. The molecule has 164 valence electrons. The van der Waals surface area contributed by atoms with Gasteiger partial charge in [-0.25, -0.2) is 0 Å². The molecule has 1 N–H and O–H groups in total. The summed E-state index contributed by atoms with van der Waals surface area (Å²) in [7, 11) is 0. The first-order valence-electron chi connectivity index (χ1n) is 10.3. The van der Waals surface area contributed by atoms with E-state index in [0.717, 1.165) is 27.3 Å². The number of carbonyl (C=O) groups excluding carboxylic acids is 1. The van der Waals surface area contributed by atoms with Crippen LogP contribution in [0, 0.1) is 6.92 Å². The standard InChI is InChI=1S/C24H23BrN4O2S/c1-3-29-22(14-31-21-12-11-17-7-4-5-10-20(17)16(21)2)27-28-24(29)32-15-23(30)26-19-9-6-8-18(25)13-19/h4-13H,3,14-15H2,1-2H3,(H,26,30). The molecule has 0 aliphatic rings. The van der Waals surface area contributed by atoms with Crippen LogP contribution in [0.1, 0.15) is 18.3 Å². The van der Waals surface area contributed by atoms with Crippen molar-refractivity contribution in [2.24, 2.45) is 0 Å². The number of nitrogens with zero attached hydrogens (tertiary/aromatic N) is 3. The van der Waals surface area contributed by atoms with E-state index in [9.17, 15) is 4.79 Å². The molecule has 0 aliphatic carbocycles. The van der Waals surface area contributed by atoms with Crippen LogP contribution >= 0.6 is 27.7 Å². The number of ether oxygens (including phenoxy) is 1. The van der Waals surface area contributed by atoms with Crippen molar-refractivity contribution in [2.45, 2.75) is 32.2 Å². The van der Waals surface area contributed by atoms with E-state index in [1.165, 1.54) is 22.5 Å². The summed E-state index contributed by atoms with van der Waals surface area (Å²) in [6.07, 6.45) is 0. The molecule has 4 aromatic rings. The van der Waals surface area contributed by atoms with E-state index in [2.05, 4.69) is 56.6 Å². The average Bonchev–Trinajstić information content (AvgIpc) is 3.19. The van der Waals surface area contributed by atoms with E-state index in [1.54, 1.807) is 0 Å². The molecule has 0 radical (unpaired) electrons. The van der Waals surface area contributed by atoms with E-state index in [1.807, 2.05) is 54.0 Å². The third-order valence-corrected chi connectivity index (χ3v) is 6.52. The molecule has 1 aromatic heterocycles. The van der Waals surface area contributed by atoms with Gasteiger partial charge in [-0.15, -0.1) is 10.2 Å². The lowest BCUT2D eigenvalue weighted by atomic mass is 10.0. The first-order chi connectivity index (χ1) is 15.5. The molecule has 0 aliphatic heterocycles. The summed E-state index contributed by atoms with van der Waals surface area (Å²) >= 11 is 4.77. The van der Waals surface area contributed by atoms with E-state index < -0.39 is 0 Å². The number of nitrogens with one attached hydrogen (secondary N) is 1. The lowest BCUT2D eigenvalue weighted by Crippen LogP contribution is -2.15. The highest BCUT2D eigenvalue weighted by atomic mass is 79.9. The number of aryl methyl sites for hydroxylation is 1. The number of rotatable bonds is 8. The minimum Gasteiger partial charge on any atom is -0.485 e. The van der Waals surface area contributed by atoms with Crippen LogP contribution in [0.4, 0.5) is 5.69 Å². The molecule has 1 amide bonds. The van der Waals surface area contributed by atoms with Crippen LogP contribution in [0.5, 0.6) is 5.75 Å². The topological polar surface area (TPSA) is 69.0 Å². The Kier molecular flexibility index (Phi) is 7.12. The average molecular weight is 511 g/mol. The van der Waals surface area contributed by atoms with Crippen molar-refractivity contribution in [1.82, 2.24) is 14.8 Å². The van der Waals surface area contributed by atoms with E-state index in [0.29, 0.717) is 18.3 Å². The van der Waals surface area contributed by atoms with Crippen LogP contribution in [0.2, 0.25) is 0 Å². The summed E-state index contributed by atoms with van der Waals surface area (Å²) in [5, 5.41) is 14.5. The van der Waals surface area contributed by atoms with Crippen LogP contribution in [0.15, 0.2) is 70.3 Å². The quantitative estimate of drug-likeness (QED) is 0.302. The van der Waals surface area contributed by atoms with Crippen molar-refractivity contribution < 1.29 is 9.53 Å². The SMILES string of the molecule is CCn1c(COc2ccc3ccccc3c2C)nnc1SCC(=O)Nc1cccc(Br)c1. The highest BCUT2D eigenvalue weighted by Gasteiger charge is 2.15. The van der Waals surface area contributed by atoms with E-state index in [4.69, 9.17) is 4.74 Å². The summed E-state index contributed by atoms with van der Waals surface area (Å²) in [5.41, 5.74) is 1.85. The van der Waals surface area contributed by atoms with Gasteiger partial charge in [0.25, 0.3) is 0 Å². The van der Waals surface area contributed by atoms with Gasteiger partial charge in [-0.05, 0) is 54.4 Å². The normalized spacial score (nSPS) is 11.0. The van der Waals surface area contributed by atoms with E-state index in [-0.39, 0.29) is 11.7 Å². The Morgan fingerprint density at radius 3 is 2.78 bits per heavy atom. The number of hydrogen-bond acceptors (Lipinski definition) is 5. The van der Waals surface area contributed by atoms with Crippen LogP contribution in [0.3, 0.4) is 0 Å². The number of carbonyl (C=O) groups is 1. The Morgan fingerprint density at radius 2 is 1.97 bits per heavy atom. The van der Waals surface area contributed by atoms with Crippen LogP contribution in [0.25, 0.3) is 10.8 Å². The number of halogens is 1. The predicted molar refractivity (Wildman–Crippen MR) is 132 cm³/mol. The molecule has 0 bridgehead atoms. The van der Waals surface area contributed by atoms with Crippen molar-refractivity contribution in [1.29, 1.82) is 0 Å². The maximum Gasteiger partial charge on any atom is 0.234 e. The fraction of sp³-hybridized carbons (Fsp3) is 0.208. The first-order valence-corrected chi connectivity index (χ1v) is 12.0. The van der Waals surface area contributed by atoms with Gasteiger partial charge in [0.15, 0.2) is 11.0 Å². The van der Waals surface area contributed by atoms with Crippen molar-refractivity contribution in [3.8, 4) is 5.75 Å². The van der Waals surface area contributed by atoms with Gasteiger partial charge in [0, 0.05) is 16.7 Å². The zero-order valence-electron chi connectivity index (χ0n) is 17.8. The number of anilines is 1. The second kappa shape index (κ2) is 10.2. The van der Waals surface area contributed by atoms with Crippen LogP contribution < -0.4 is 10.1 Å². The summed E-state index contributed by atoms with van der Waals surface area (Å²) < 4.78 is 8.98. The summed E-state index contributed by atoms with van der Waals surface area (Å²) in [4.78, 5) is 12.3. The molecule has 8 heteroatoms. The van der Waals surface area contributed by atoms with Crippen molar-refractivity contribution >= 4 is 50.1 Å². The maximum absolute atomic E-state index is 12.3. The van der Waals surface area contributed by atoms with Gasteiger partial charge >= 0.3 is 0 Å². The molecule has 0 fully saturated rings. The van der Waals surface area contributed by atoms with Crippen molar-refractivity contribution in [3.05, 3.63) is 76.5 Å². The lowest BCUT2D eigenvalue weighted by Gasteiger charge is -2.12. The van der Waals surface area contributed by atoms with Gasteiger partial charge in [-0.3, -0.25) is 4.79 Å². The monoisotopic (exact) mass is 510 g/mol. The van der Waals surface area contributed by atoms with Gasteiger partial charge in [-0.2, -0.15) is 0 Å². The molecule has 3 aromatic carbocycles. The Bertz CT molecular complexity index is 1260. The van der Waals surface area contributed by atoms with Gasteiger partial charge in [-0.1, -0.05) is 64.1 Å². The minimum absolute atomic E-state index is 0.0941. The van der Waals surface area contributed by atoms with Crippen LogP contribution in [-0.4, -0.2) is 26.4 Å². The van der Waals surface area contributed by atoms with Gasteiger partial charge in [0.1, 0.15) is 12.4 Å². The zero-order chi connectivity index (χ0) is 22.5. The smallest absolute Gasteiger partial charge is 0.234 e. The highest BCUT2D eigenvalue weighted by Crippen LogP contribution is 2.28. The summed E-state index contributed by atoms with van der Waals surface area (Å²) in [6.45, 7) is 5.09. The number of aromatic nitrogens is 3. The third kappa shape index (κ3) is 5.14. The molecule has 32 heavy (non-hydrogen) atoms. The van der Waals surface area contributed by atoms with Gasteiger partial charge in [0.05, 0.1) is 5.75 Å². The largest absolute Gasteiger partial charge is 0.485 e. The first kappa shape index (κ1) is 22.4. The molecule has 0 saturated carbocycles. The number of amides is 1. The molecule has 0 spiro atoms. The minimum atomic E-state index is -0.0941. The lowest BCUT2D eigenvalue weighted by molar-refractivity contribution is -0.113. The Hall–Kier alpha value is -2.84. The molecule has 0 unspecified atom stereocenters. The fourth-order valence-corrected chi connectivity index (χ4v) is 4.67. The zero-order valence-corrected chi connectivity index (χ0v) is 20.2. The molecule has 0 saturated heterocycles. The second-order valence-corrected chi connectivity index (χ2v) is 9.05. The molecule has 4 rings (SSSR count). The summed E-state index contributed by atoms with van der Waals surface area (Å²) in [5.74, 6) is 1.71. The molecule has 6 nitrogen and oxygen atoms in total. The maximum atomic E-state index is 12.3. The molecule has 1 heterocycles.